The molecule has 1 heterocycles. The third-order valence-corrected chi connectivity index (χ3v) is 4.64. The van der Waals surface area contributed by atoms with E-state index in [1.807, 2.05) is 11.8 Å². The molecule has 1 aromatic rings. The molecule has 2 atom stereocenters. The zero-order chi connectivity index (χ0) is 13.3. The van der Waals surface area contributed by atoms with E-state index in [0.29, 0.717) is 5.92 Å². The van der Waals surface area contributed by atoms with Crippen molar-refractivity contribution in [1.82, 2.24) is 4.90 Å². The minimum Gasteiger partial charge on any atom is -0.325 e. The molecule has 0 unspecified atom stereocenters. The molecule has 1 fully saturated rings. The Labute approximate surface area is 114 Å². The van der Waals surface area contributed by atoms with Crippen molar-refractivity contribution in [3.63, 3.8) is 0 Å². The lowest BCUT2D eigenvalue weighted by molar-refractivity contribution is -0.130. The standard InChI is InChI=1S/C15H21NOS/c1-10(2)9-16-14(17)12(4)18-15(16)13-8-6-5-7-11(13)3/h5-8,10,12,15H,9H2,1-4H3/t12-,15-/m1/s1. The molecular formula is C15H21NOS. The quantitative estimate of drug-likeness (QED) is 0.830. The van der Waals surface area contributed by atoms with Gasteiger partial charge >= 0.3 is 0 Å². The minimum absolute atomic E-state index is 0.0772. The van der Waals surface area contributed by atoms with Crippen LogP contribution in [0.25, 0.3) is 0 Å². The van der Waals surface area contributed by atoms with Crippen LogP contribution in [0.15, 0.2) is 24.3 Å². The van der Waals surface area contributed by atoms with Gasteiger partial charge in [0.05, 0.1) is 5.25 Å². The Morgan fingerprint density at radius 2 is 2.00 bits per heavy atom. The number of amides is 1. The maximum Gasteiger partial charge on any atom is 0.236 e. The fraction of sp³-hybridized carbons (Fsp3) is 0.533. The van der Waals surface area contributed by atoms with Crippen molar-refractivity contribution >= 4 is 17.7 Å². The molecule has 1 amide bonds. The van der Waals surface area contributed by atoms with Crippen molar-refractivity contribution < 1.29 is 4.79 Å². The predicted molar refractivity (Wildman–Crippen MR) is 77.5 cm³/mol. The zero-order valence-corrected chi connectivity index (χ0v) is 12.3. The first-order valence-corrected chi connectivity index (χ1v) is 7.46. The normalized spacial score (nSPS) is 24.1. The van der Waals surface area contributed by atoms with Crippen molar-refractivity contribution in [3.8, 4) is 0 Å². The smallest absolute Gasteiger partial charge is 0.236 e. The monoisotopic (exact) mass is 263 g/mol. The number of hydrogen-bond donors (Lipinski definition) is 0. The number of aryl methyl sites for hydroxylation is 1. The second-order valence-corrected chi connectivity index (χ2v) is 6.80. The zero-order valence-electron chi connectivity index (χ0n) is 11.5. The Kier molecular flexibility index (Phi) is 4.00. The fourth-order valence-corrected chi connectivity index (χ4v) is 3.74. The minimum atomic E-state index is 0.0772. The fourth-order valence-electron chi connectivity index (χ4n) is 2.36. The van der Waals surface area contributed by atoms with Crippen molar-refractivity contribution in [2.45, 2.75) is 38.3 Å². The first-order valence-electron chi connectivity index (χ1n) is 6.52. The Morgan fingerprint density at radius 3 is 2.61 bits per heavy atom. The second kappa shape index (κ2) is 5.35. The number of thioether (sulfide) groups is 1. The molecule has 1 aliphatic rings. The molecule has 0 saturated carbocycles. The molecule has 98 valence electrons. The van der Waals surface area contributed by atoms with Gasteiger partial charge in [-0.05, 0) is 30.9 Å². The molecule has 0 bridgehead atoms. The molecule has 0 N–H and O–H groups in total. The number of carbonyl (C=O) groups is 1. The third kappa shape index (κ3) is 2.56. The first kappa shape index (κ1) is 13.5. The summed E-state index contributed by atoms with van der Waals surface area (Å²) in [7, 11) is 0. The van der Waals surface area contributed by atoms with E-state index in [1.54, 1.807) is 11.8 Å². The number of carbonyl (C=O) groups excluding carboxylic acids is 1. The summed E-state index contributed by atoms with van der Waals surface area (Å²) < 4.78 is 0. The lowest BCUT2D eigenvalue weighted by Crippen LogP contribution is -2.33. The third-order valence-electron chi connectivity index (χ3n) is 3.26. The van der Waals surface area contributed by atoms with E-state index in [4.69, 9.17) is 0 Å². The summed E-state index contributed by atoms with van der Waals surface area (Å²) >= 11 is 1.77. The van der Waals surface area contributed by atoms with Crippen LogP contribution in [0.5, 0.6) is 0 Å². The Bertz CT molecular complexity index is 444. The Morgan fingerprint density at radius 1 is 1.33 bits per heavy atom. The molecule has 0 radical (unpaired) electrons. The van der Waals surface area contributed by atoms with E-state index in [1.165, 1.54) is 11.1 Å². The van der Waals surface area contributed by atoms with Gasteiger partial charge in [-0.15, -0.1) is 11.8 Å². The molecule has 1 aliphatic heterocycles. The van der Waals surface area contributed by atoms with Crippen LogP contribution >= 0.6 is 11.8 Å². The molecule has 0 aliphatic carbocycles. The summed E-state index contributed by atoms with van der Waals surface area (Å²) in [6.45, 7) is 9.30. The maximum atomic E-state index is 12.2. The van der Waals surface area contributed by atoms with Crippen molar-refractivity contribution in [2.24, 2.45) is 5.92 Å². The van der Waals surface area contributed by atoms with Crippen LogP contribution in [-0.4, -0.2) is 22.6 Å². The number of rotatable bonds is 3. The van der Waals surface area contributed by atoms with Crippen molar-refractivity contribution in [3.05, 3.63) is 35.4 Å². The van der Waals surface area contributed by atoms with Crippen LogP contribution in [0.4, 0.5) is 0 Å². The van der Waals surface area contributed by atoms with Gasteiger partial charge in [0.1, 0.15) is 5.37 Å². The summed E-state index contributed by atoms with van der Waals surface area (Å²) in [5.74, 6) is 0.785. The molecule has 18 heavy (non-hydrogen) atoms. The average Bonchev–Trinajstić information content (AvgIpc) is 2.57. The number of nitrogens with zero attached hydrogens (tertiary/aromatic N) is 1. The van der Waals surface area contributed by atoms with Crippen molar-refractivity contribution in [1.29, 1.82) is 0 Å². The number of benzene rings is 1. The summed E-state index contributed by atoms with van der Waals surface area (Å²) in [5.41, 5.74) is 2.55. The van der Waals surface area contributed by atoms with Gasteiger partial charge in [0.15, 0.2) is 0 Å². The summed E-state index contributed by atoms with van der Waals surface area (Å²) in [6, 6.07) is 8.38. The van der Waals surface area contributed by atoms with E-state index in [2.05, 4.69) is 45.0 Å². The predicted octanol–water partition coefficient (Wildman–Crippen LogP) is 3.61. The lowest BCUT2D eigenvalue weighted by atomic mass is 10.1. The SMILES string of the molecule is Cc1ccccc1[C@H]1S[C@H](C)C(=O)N1CC(C)C. The van der Waals surface area contributed by atoms with Crippen LogP contribution < -0.4 is 0 Å². The van der Waals surface area contributed by atoms with Gasteiger partial charge in [0, 0.05) is 6.54 Å². The van der Waals surface area contributed by atoms with E-state index < -0.39 is 0 Å². The van der Waals surface area contributed by atoms with Crippen LogP contribution in [-0.2, 0) is 4.79 Å². The number of hydrogen-bond acceptors (Lipinski definition) is 2. The van der Waals surface area contributed by atoms with Crippen LogP contribution in [0, 0.1) is 12.8 Å². The molecule has 1 aromatic carbocycles. The van der Waals surface area contributed by atoms with Gasteiger partial charge in [-0.25, -0.2) is 0 Å². The molecule has 0 spiro atoms. The summed E-state index contributed by atoms with van der Waals surface area (Å²) in [6.07, 6.45) is 0. The van der Waals surface area contributed by atoms with Gasteiger partial charge in [0.2, 0.25) is 5.91 Å². The molecule has 2 nitrogen and oxygen atoms in total. The molecule has 3 heteroatoms. The Balaban J connectivity index is 2.31. The first-order chi connectivity index (χ1) is 8.50. The molecular weight excluding hydrogens is 242 g/mol. The highest BCUT2D eigenvalue weighted by atomic mass is 32.2. The van der Waals surface area contributed by atoms with E-state index >= 15 is 0 Å². The Hall–Kier alpha value is -0.960. The van der Waals surface area contributed by atoms with E-state index in [9.17, 15) is 4.79 Å². The highest BCUT2D eigenvalue weighted by Gasteiger charge is 2.38. The van der Waals surface area contributed by atoms with E-state index in [0.717, 1.165) is 6.54 Å². The maximum absolute atomic E-state index is 12.2. The second-order valence-electron chi connectivity index (χ2n) is 5.37. The van der Waals surface area contributed by atoms with Gasteiger partial charge in [-0.2, -0.15) is 0 Å². The lowest BCUT2D eigenvalue weighted by Gasteiger charge is -2.26. The van der Waals surface area contributed by atoms with Gasteiger partial charge in [0.25, 0.3) is 0 Å². The van der Waals surface area contributed by atoms with E-state index in [-0.39, 0.29) is 16.5 Å². The summed E-state index contributed by atoms with van der Waals surface area (Å²) in [4.78, 5) is 14.3. The van der Waals surface area contributed by atoms with Gasteiger partial charge in [-0.3, -0.25) is 4.79 Å². The molecule has 2 rings (SSSR count). The molecule has 0 aromatic heterocycles. The highest BCUT2D eigenvalue weighted by Crippen LogP contribution is 2.44. The largest absolute Gasteiger partial charge is 0.325 e. The average molecular weight is 263 g/mol. The topological polar surface area (TPSA) is 20.3 Å². The van der Waals surface area contributed by atoms with Crippen LogP contribution in [0.3, 0.4) is 0 Å². The van der Waals surface area contributed by atoms with Gasteiger partial charge in [-0.1, -0.05) is 38.1 Å². The summed E-state index contributed by atoms with van der Waals surface area (Å²) in [5, 5.41) is 0.268. The van der Waals surface area contributed by atoms with Crippen LogP contribution in [0.1, 0.15) is 37.3 Å². The van der Waals surface area contributed by atoms with Crippen molar-refractivity contribution in [2.75, 3.05) is 6.54 Å². The van der Waals surface area contributed by atoms with Gasteiger partial charge < -0.3 is 4.90 Å². The molecule has 1 saturated heterocycles. The highest BCUT2D eigenvalue weighted by molar-refractivity contribution is 8.01. The van der Waals surface area contributed by atoms with Crippen LogP contribution in [0.2, 0.25) is 0 Å².